The molecule has 0 aromatic heterocycles. The first-order valence-corrected chi connectivity index (χ1v) is 3.69. The van der Waals surface area contributed by atoms with Gasteiger partial charge in [0.15, 0.2) is 0 Å². The maximum absolute atomic E-state index is 10.9. The van der Waals surface area contributed by atoms with E-state index in [1.165, 1.54) is 0 Å². The molecule has 2 nitrogen and oxygen atoms in total. The molecule has 1 atom stereocenters. The van der Waals surface area contributed by atoms with Crippen LogP contribution in [0.1, 0.15) is 20.8 Å². The summed E-state index contributed by atoms with van der Waals surface area (Å²) in [5, 5.41) is 2.05. The summed E-state index contributed by atoms with van der Waals surface area (Å²) in [5.74, 6) is -0.117. The molecule has 0 heterocycles. The number of hydrogen-bond acceptors (Lipinski definition) is 1. The van der Waals surface area contributed by atoms with Gasteiger partial charge in [-0.1, -0.05) is 20.8 Å². The van der Waals surface area contributed by atoms with E-state index < -0.39 is 5.38 Å². The van der Waals surface area contributed by atoms with Gasteiger partial charge >= 0.3 is 0 Å². The van der Waals surface area contributed by atoms with E-state index in [1.54, 1.807) is 7.05 Å². The molecule has 0 aliphatic rings. The largest absolute Gasteiger partial charge is 0.358 e. The number of rotatable bonds is 1. The fourth-order valence-corrected chi connectivity index (χ4v) is 0.629. The summed E-state index contributed by atoms with van der Waals surface area (Å²) in [6, 6.07) is 0. The molecule has 0 aliphatic carbocycles. The summed E-state index contributed by atoms with van der Waals surface area (Å²) in [5.41, 5.74) is -0.165. The third-order valence-electron chi connectivity index (χ3n) is 1.24. The van der Waals surface area contributed by atoms with E-state index in [0.717, 1.165) is 0 Å². The number of nitrogens with one attached hydrogen (secondary N) is 1. The average Bonchev–Trinajstić information content (AvgIpc) is 1.83. The molecule has 0 aromatic carbocycles. The molecule has 60 valence electrons. The Morgan fingerprint density at radius 3 is 2.00 bits per heavy atom. The van der Waals surface area contributed by atoms with Gasteiger partial charge in [0.25, 0.3) is 0 Å². The first-order chi connectivity index (χ1) is 4.39. The predicted molar refractivity (Wildman–Crippen MR) is 43.2 cm³/mol. The summed E-state index contributed by atoms with van der Waals surface area (Å²) in [6.07, 6.45) is 0. The number of halogens is 1. The highest BCUT2D eigenvalue weighted by molar-refractivity contribution is 6.31. The van der Waals surface area contributed by atoms with Gasteiger partial charge in [-0.2, -0.15) is 0 Å². The third-order valence-corrected chi connectivity index (χ3v) is 2.09. The molecule has 0 aromatic rings. The zero-order chi connectivity index (χ0) is 8.36. The molecule has 1 amide bonds. The second-order valence-electron chi connectivity index (χ2n) is 3.34. The van der Waals surface area contributed by atoms with Gasteiger partial charge in [-0.15, -0.1) is 11.6 Å². The van der Waals surface area contributed by atoms with Crippen molar-refractivity contribution in [3.05, 3.63) is 0 Å². The molecule has 0 radical (unpaired) electrons. The van der Waals surface area contributed by atoms with Crippen molar-refractivity contribution in [2.24, 2.45) is 5.41 Å². The van der Waals surface area contributed by atoms with Crippen molar-refractivity contribution in [1.82, 2.24) is 5.32 Å². The van der Waals surface area contributed by atoms with Gasteiger partial charge in [0, 0.05) is 7.05 Å². The van der Waals surface area contributed by atoms with Crippen LogP contribution in [0.2, 0.25) is 0 Å². The van der Waals surface area contributed by atoms with Crippen molar-refractivity contribution in [3.63, 3.8) is 0 Å². The Kier molecular flexibility index (Phi) is 3.16. The van der Waals surface area contributed by atoms with Crippen LogP contribution in [-0.2, 0) is 4.79 Å². The molecule has 0 bridgehead atoms. The lowest BCUT2D eigenvalue weighted by Crippen LogP contribution is -2.36. The monoisotopic (exact) mass is 163 g/mol. The predicted octanol–water partition coefficient (Wildman–Crippen LogP) is 1.39. The smallest absolute Gasteiger partial charge is 0.238 e. The number of carbonyl (C=O) groups is 1. The average molecular weight is 164 g/mol. The highest BCUT2D eigenvalue weighted by Gasteiger charge is 2.27. The molecule has 0 saturated carbocycles. The van der Waals surface area contributed by atoms with Gasteiger partial charge in [-0.3, -0.25) is 4.79 Å². The van der Waals surface area contributed by atoms with E-state index in [0.29, 0.717) is 0 Å². The van der Waals surface area contributed by atoms with Crippen LogP contribution in [0.25, 0.3) is 0 Å². The van der Waals surface area contributed by atoms with Crippen LogP contribution in [0.15, 0.2) is 0 Å². The Morgan fingerprint density at radius 2 is 1.90 bits per heavy atom. The minimum atomic E-state index is -0.447. The van der Waals surface area contributed by atoms with Crippen molar-refractivity contribution in [1.29, 1.82) is 0 Å². The highest BCUT2D eigenvalue weighted by atomic mass is 35.5. The molecule has 0 saturated heterocycles. The van der Waals surface area contributed by atoms with Crippen molar-refractivity contribution >= 4 is 17.5 Å². The molecule has 0 spiro atoms. The van der Waals surface area contributed by atoms with E-state index >= 15 is 0 Å². The third kappa shape index (κ3) is 2.56. The summed E-state index contributed by atoms with van der Waals surface area (Å²) in [4.78, 5) is 10.9. The zero-order valence-electron chi connectivity index (χ0n) is 6.86. The molecular weight excluding hydrogens is 150 g/mol. The minimum absolute atomic E-state index is 0.117. The van der Waals surface area contributed by atoms with Crippen LogP contribution < -0.4 is 5.32 Å². The second kappa shape index (κ2) is 3.24. The van der Waals surface area contributed by atoms with Crippen molar-refractivity contribution in [2.75, 3.05) is 7.05 Å². The van der Waals surface area contributed by atoms with Crippen LogP contribution in [-0.4, -0.2) is 18.3 Å². The molecule has 0 rings (SSSR count). The van der Waals surface area contributed by atoms with Crippen LogP contribution in [0.4, 0.5) is 0 Å². The van der Waals surface area contributed by atoms with Gasteiger partial charge in [0.05, 0.1) is 0 Å². The fraction of sp³-hybridized carbons (Fsp3) is 0.857. The van der Waals surface area contributed by atoms with E-state index in [-0.39, 0.29) is 11.3 Å². The van der Waals surface area contributed by atoms with Gasteiger partial charge in [0.1, 0.15) is 5.38 Å². The Hall–Kier alpha value is -0.240. The first kappa shape index (κ1) is 9.76. The number of alkyl halides is 1. The summed E-state index contributed by atoms with van der Waals surface area (Å²) < 4.78 is 0. The second-order valence-corrected chi connectivity index (χ2v) is 3.78. The Morgan fingerprint density at radius 1 is 1.50 bits per heavy atom. The maximum Gasteiger partial charge on any atom is 0.238 e. The highest BCUT2D eigenvalue weighted by Crippen LogP contribution is 2.23. The minimum Gasteiger partial charge on any atom is -0.358 e. The summed E-state index contributed by atoms with van der Waals surface area (Å²) in [6.45, 7) is 5.79. The Balaban J connectivity index is 4.08. The van der Waals surface area contributed by atoms with Crippen LogP contribution >= 0.6 is 11.6 Å². The first-order valence-electron chi connectivity index (χ1n) is 3.25. The standard InChI is InChI=1S/C7H14ClNO/c1-7(2,3)5(8)6(10)9-4/h5H,1-4H3,(H,9,10). The summed E-state index contributed by atoms with van der Waals surface area (Å²) in [7, 11) is 1.59. The van der Waals surface area contributed by atoms with Gasteiger partial charge in [0.2, 0.25) is 5.91 Å². The molecule has 0 aliphatic heterocycles. The molecular formula is C7H14ClNO. The molecule has 1 N–H and O–H groups in total. The quantitative estimate of drug-likeness (QED) is 0.582. The van der Waals surface area contributed by atoms with Crippen LogP contribution in [0.3, 0.4) is 0 Å². The molecule has 3 heteroatoms. The van der Waals surface area contributed by atoms with Crippen LogP contribution in [0, 0.1) is 5.41 Å². The zero-order valence-corrected chi connectivity index (χ0v) is 7.62. The number of amides is 1. The Bertz CT molecular complexity index is 128. The van der Waals surface area contributed by atoms with E-state index in [1.807, 2.05) is 20.8 Å². The molecule has 1 unspecified atom stereocenters. The lowest BCUT2D eigenvalue weighted by atomic mass is 9.91. The van der Waals surface area contributed by atoms with Gasteiger partial charge in [-0.25, -0.2) is 0 Å². The SMILES string of the molecule is CNC(=O)C(Cl)C(C)(C)C. The lowest BCUT2D eigenvalue weighted by molar-refractivity contribution is -0.121. The van der Waals surface area contributed by atoms with Crippen molar-refractivity contribution < 1.29 is 4.79 Å². The van der Waals surface area contributed by atoms with E-state index in [9.17, 15) is 4.79 Å². The van der Waals surface area contributed by atoms with E-state index in [2.05, 4.69) is 5.32 Å². The van der Waals surface area contributed by atoms with Gasteiger partial charge < -0.3 is 5.32 Å². The number of hydrogen-bond donors (Lipinski definition) is 1. The molecule has 0 fully saturated rings. The van der Waals surface area contributed by atoms with Crippen molar-refractivity contribution in [3.8, 4) is 0 Å². The van der Waals surface area contributed by atoms with E-state index in [4.69, 9.17) is 11.6 Å². The maximum atomic E-state index is 10.9. The number of carbonyl (C=O) groups excluding carboxylic acids is 1. The molecule has 10 heavy (non-hydrogen) atoms. The fourth-order valence-electron chi connectivity index (χ4n) is 0.520. The van der Waals surface area contributed by atoms with Crippen molar-refractivity contribution in [2.45, 2.75) is 26.1 Å². The topological polar surface area (TPSA) is 29.1 Å². The van der Waals surface area contributed by atoms with Crippen LogP contribution in [0.5, 0.6) is 0 Å². The normalized spacial score (nSPS) is 14.5. The Labute approximate surface area is 66.9 Å². The lowest BCUT2D eigenvalue weighted by Gasteiger charge is -2.22. The van der Waals surface area contributed by atoms with Gasteiger partial charge in [-0.05, 0) is 5.41 Å². The summed E-state index contributed by atoms with van der Waals surface area (Å²) >= 11 is 5.80.